The Morgan fingerprint density at radius 3 is 2.12 bits per heavy atom. The smallest absolute Gasteiger partial charge is 0.257 e. The van der Waals surface area contributed by atoms with E-state index >= 15 is 0 Å². The SMILES string of the molecule is CC(=O)N[C@H](CCCN)C(=O)NC(=O)[C@H](C)NC(=O)[C@@H](CCCN=C(N)N)NCCN1CCN(CC(=O)NC2CCN(CC(=O)N3c4ccccc4NC(=O)c4ccccc43)CC2)CC1. The molecule has 0 radical (unpaired) electrons. The summed E-state index contributed by atoms with van der Waals surface area (Å²) in [5.74, 6) is -2.74. The number of piperidine rings is 1. The van der Waals surface area contributed by atoms with Crippen molar-refractivity contribution in [2.24, 2.45) is 22.2 Å². The topological polar surface area (TPSA) is 295 Å². The zero-order valence-corrected chi connectivity index (χ0v) is 37.5. The third kappa shape index (κ3) is 15.3. The third-order valence-corrected chi connectivity index (χ3v) is 11.6. The number of nitrogens with two attached hydrogens (primary N) is 3. The summed E-state index contributed by atoms with van der Waals surface area (Å²) in [6.45, 7) is 9.07. The molecule has 3 aliphatic heterocycles. The van der Waals surface area contributed by atoms with Crippen LogP contribution in [0.4, 0.5) is 17.1 Å². The van der Waals surface area contributed by atoms with Crippen LogP contribution >= 0.6 is 0 Å². The van der Waals surface area contributed by atoms with Gasteiger partial charge in [0.15, 0.2) is 5.96 Å². The largest absolute Gasteiger partial charge is 0.370 e. The Balaban J connectivity index is 1.02. The van der Waals surface area contributed by atoms with Gasteiger partial charge in [0.1, 0.15) is 12.1 Å². The predicted molar refractivity (Wildman–Crippen MR) is 247 cm³/mol. The van der Waals surface area contributed by atoms with Crippen molar-refractivity contribution >= 4 is 64.4 Å². The molecule has 5 rings (SSSR count). The Morgan fingerprint density at radius 1 is 0.785 bits per heavy atom. The number of aliphatic imine (C=N–C) groups is 1. The van der Waals surface area contributed by atoms with Crippen LogP contribution in [0.2, 0.25) is 0 Å². The van der Waals surface area contributed by atoms with Crippen molar-refractivity contribution in [3.05, 3.63) is 54.1 Å². The lowest BCUT2D eigenvalue weighted by Crippen LogP contribution is -2.56. The summed E-state index contributed by atoms with van der Waals surface area (Å²) in [5, 5.41) is 16.9. The standard InChI is InChI=1S/C44H66N14O7/c1-29(40(62)54-43(65)35(11-7-17-45)51-30(2)59)50-42(64)34(12-8-18-49-44(46)47)48-19-22-55-23-25-57(26-24-55)27-38(60)52-31-15-20-56(21-16-31)28-39(61)58-36-13-5-3-9-32(36)41(63)53-33-10-4-6-14-37(33)58/h3-6,9-10,13-14,29,31,34-35,48H,7-8,11-12,15-28,45H2,1-2H3,(H,50,64)(H,51,59)(H,52,60)(H,53,63)(H4,46,47,49)(H,54,62,65)/t29-,34+,35+/m0/s1. The first-order valence-corrected chi connectivity index (χ1v) is 22.4. The van der Waals surface area contributed by atoms with Gasteiger partial charge >= 0.3 is 0 Å². The number of carbonyl (C=O) groups excluding carboxylic acids is 7. The quantitative estimate of drug-likeness (QED) is 0.0393. The van der Waals surface area contributed by atoms with Gasteiger partial charge in [0, 0.05) is 71.9 Å². The number of rotatable bonds is 21. The van der Waals surface area contributed by atoms with Crippen molar-refractivity contribution in [3.8, 4) is 0 Å². The summed E-state index contributed by atoms with van der Waals surface area (Å²) in [6.07, 6.45) is 3.01. The Hall–Kier alpha value is -6.00. The van der Waals surface area contributed by atoms with Crippen LogP contribution in [0.15, 0.2) is 53.5 Å². The molecule has 7 amide bonds. The number of carbonyl (C=O) groups is 7. The second-order valence-corrected chi connectivity index (χ2v) is 16.7. The molecule has 0 spiro atoms. The molecule has 0 aromatic heterocycles. The van der Waals surface area contributed by atoms with Crippen LogP contribution in [-0.4, -0.2) is 165 Å². The van der Waals surface area contributed by atoms with Gasteiger partial charge in [-0.3, -0.25) is 63.5 Å². The maximum absolute atomic E-state index is 13.9. The third-order valence-electron chi connectivity index (χ3n) is 11.6. The molecule has 3 heterocycles. The van der Waals surface area contributed by atoms with E-state index in [-0.39, 0.29) is 49.2 Å². The highest BCUT2D eigenvalue weighted by molar-refractivity contribution is 6.18. The lowest BCUT2D eigenvalue weighted by molar-refractivity contribution is -0.136. The van der Waals surface area contributed by atoms with Gasteiger partial charge in [-0.2, -0.15) is 0 Å². The number of anilines is 3. The Morgan fingerprint density at radius 2 is 1.43 bits per heavy atom. The molecule has 65 heavy (non-hydrogen) atoms. The second-order valence-electron chi connectivity index (χ2n) is 16.7. The van der Waals surface area contributed by atoms with Crippen LogP contribution in [0, 0.1) is 0 Å². The number of para-hydroxylation sites is 3. The first-order chi connectivity index (χ1) is 31.2. The van der Waals surface area contributed by atoms with Crippen molar-refractivity contribution in [1.29, 1.82) is 0 Å². The van der Waals surface area contributed by atoms with E-state index < -0.39 is 41.8 Å². The Bertz CT molecular complexity index is 2010. The number of fused-ring (bicyclic) bond motifs is 2. The number of amides is 7. The number of likely N-dealkylation sites (tertiary alicyclic amines) is 1. The van der Waals surface area contributed by atoms with E-state index in [9.17, 15) is 33.6 Å². The van der Waals surface area contributed by atoms with Crippen LogP contribution in [0.3, 0.4) is 0 Å². The molecule has 3 atom stereocenters. The molecule has 12 N–H and O–H groups in total. The number of benzene rings is 2. The predicted octanol–water partition coefficient (Wildman–Crippen LogP) is -1.48. The van der Waals surface area contributed by atoms with Crippen LogP contribution in [0.25, 0.3) is 0 Å². The summed E-state index contributed by atoms with van der Waals surface area (Å²) in [5.41, 5.74) is 18.7. The fraction of sp³-hybridized carbons (Fsp3) is 0.545. The highest BCUT2D eigenvalue weighted by Crippen LogP contribution is 2.37. The number of piperazine rings is 1. The molecule has 0 saturated carbocycles. The number of nitrogens with zero attached hydrogens (tertiary/aromatic N) is 5. The number of hydrogen-bond donors (Lipinski definition) is 9. The van der Waals surface area contributed by atoms with E-state index in [0.717, 1.165) is 13.1 Å². The minimum atomic E-state index is -1.05. The fourth-order valence-corrected chi connectivity index (χ4v) is 8.13. The van der Waals surface area contributed by atoms with E-state index in [1.54, 1.807) is 29.2 Å². The lowest BCUT2D eigenvalue weighted by atomic mass is 10.0. The second kappa shape index (κ2) is 24.9. The van der Waals surface area contributed by atoms with Gasteiger partial charge in [0.25, 0.3) is 5.91 Å². The van der Waals surface area contributed by atoms with E-state index in [1.807, 2.05) is 24.3 Å². The van der Waals surface area contributed by atoms with Crippen LogP contribution in [-0.2, 0) is 28.8 Å². The summed E-state index contributed by atoms with van der Waals surface area (Å²) >= 11 is 0. The van der Waals surface area contributed by atoms with Gasteiger partial charge in [0.2, 0.25) is 35.4 Å². The van der Waals surface area contributed by atoms with Gasteiger partial charge in [-0.25, -0.2) is 0 Å². The maximum atomic E-state index is 13.9. The summed E-state index contributed by atoms with van der Waals surface area (Å²) in [7, 11) is 0. The number of nitrogens with one attached hydrogen (secondary N) is 6. The summed E-state index contributed by atoms with van der Waals surface area (Å²) in [6, 6.07) is 11.7. The van der Waals surface area contributed by atoms with E-state index in [1.165, 1.54) is 13.8 Å². The van der Waals surface area contributed by atoms with Crippen molar-refractivity contribution in [2.75, 3.05) is 88.8 Å². The number of imide groups is 1. The first kappa shape index (κ1) is 50.0. The lowest BCUT2D eigenvalue weighted by Gasteiger charge is -2.36. The van der Waals surface area contributed by atoms with Gasteiger partial charge in [-0.15, -0.1) is 0 Å². The van der Waals surface area contributed by atoms with E-state index in [0.29, 0.717) is 107 Å². The van der Waals surface area contributed by atoms with Gasteiger partial charge in [-0.1, -0.05) is 24.3 Å². The molecule has 354 valence electrons. The van der Waals surface area contributed by atoms with Gasteiger partial charge in [-0.05, 0) is 76.3 Å². The average molecular weight is 903 g/mol. The molecule has 21 nitrogen and oxygen atoms in total. The zero-order chi connectivity index (χ0) is 46.9. The molecule has 2 saturated heterocycles. The number of hydrogen-bond acceptors (Lipinski definition) is 13. The van der Waals surface area contributed by atoms with E-state index in [2.05, 4.69) is 51.6 Å². The van der Waals surface area contributed by atoms with Crippen molar-refractivity contribution in [3.63, 3.8) is 0 Å². The highest BCUT2D eigenvalue weighted by Gasteiger charge is 2.32. The molecule has 2 aromatic carbocycles. The fourth-order valence-electron chi connectivity index (χ4n) is 8.13. The number of guanidine groups is 1. The van der Waals surface area contributed by atoms with Gasteiger partial charge in [0.05, 0.1) is 41.8 Å². The van der Waals surface area contributed by atoms with Crippen LogP contribution in [0.5, 0.6) is 0 Å². The molecule has 21 heteroatoms. The monoisotopic (exact) mass is 903 g/mol. The van der Waals surface area contributed by atoms with E-state index in [4.69, 9.17) is 17.2 Å². The molecule has 3 aliphatic rings. The molecule has 0 aliphatic carbocycles. The normalized spacial score (nSPS) is 17.2. The van der Waals surface area contributed by atoms with Crippen molar-refractivity contribution in [1.82, 2.24) is 41.3 Å². The Labute approximate surface area is 380 Å². The molecular weight excluding hydrogens is 837 g/mol. The van der Waals surface area contributed by atoms with Crippen molar-refractivity contribution < 1.29 is 33.6 Å². The molecular formula is C44H66N14O7. The zero-order valence-electron chi connectivity index (χ0n) is 37.5. The molecule has 2 aromatic rings. The summed E-state index contributed by atoms with van der Waals surface area (Å²) in [4.78, 5) is 103. The minimum Gasteiger partial charge on any atom is -0.370 e. The van der Waals surface area contributed by atoms with Gasteiger partial charge < -0.3 is 43.8 Å². The summed E-state index contributed by atoms with van der Waals surface area (Å²) < 4.78 is 0. The molecule has 0 bridgehead atoms. The average Bonchev–Trinajstić information content (AvgIpc) is 3.40. The van der Waals surface area contributed by atoms with Crippen molar-refractivity contribution in [2.45, 2.75) is 76.5 Å². The molecule has 2 fully saturated rings. The van der Waals surface area contributed by atoms with Crippen LogP contribution < -0.4 is 54.0 Å². The highest BCUT2D eigenvalue weighted by atomic mass is 16.2. The maximum Gasteiger partial charge on any atom is 0.257 e. The molecule has 0 unspecified atom stereocenters. The Kier molecular flexibility index (Phi) is 19.2. The minimum absolute atomic E-state index is 0.000941. The van der Waals surface area contributed by atoms with Crippen LogP contribution in [0.1, 0.15) is 62.7 Å². The first-order valence-electron chi connectivity index (χ1n) is 22.4.